The van der Waals surface area contributed by atoms with E-state index in [0.717, 1.165) is 12.8 Å². The summed E-state index contributed by atoms with van der Waals surface area (Å²) >= 11 is 6.03. The van der Waals surface area contributed by atoms with E-state index in [9.17, 15) is 10.1 Å². The molecule has 130 valence electrons. The molecule has 1 rings (SSSR count). The second-order valence-corrected chi connectivity index (χ2v) is 5.63. The zero-order valence-electron chi connectivity index (χ0n) is 14.2. The fraction of sp³-hybridized carbons (Fsp3) is 0.412. The molecule has 0 aliphatic carbocycles. The van der Waals surface area contributed by atoms with Crippen molar-refractivity contribution in [2.24, 2.45) is 0 Å². The lowest BCUT2D eigenvalue weighted by molar-refractivity contribution is -0.420. The Balaban J connectivity index is 2.99. The maximum absolute atomic E-state index is 11.3. The van der Waals surface area contributed by atoms with Crippen LogP contribution in [0.5, 0.6) is 0 Å². The number of halogens is 1. The van der Waals surface area contributed by atoms with Crippen molar-refractivity contribution < 1.29 is 4.92 Å². The zero-order chi connectivity index (χ0) is 17.9. The summed E-state index contributed by atoms with van der Waals surface area (Å²) in [5.41, 5.74) is 0.406. The van der Waals surface area contributed by atoms with Crippen molar-refractivity contribution in [3.05, 3.63) is 69.1 Å². The molecule has 0 bridgehead atoms. The number of nitrogens with zero attached hydrogens (tertiary/aromatic N) is 3. The Morgan fingerprint density at radius 1 is 1.38 bits per heavy atom. The Morgan fingerprint density at radius 3 is 2.58 bits per heavy atom. The first-order valence-corrected chi connectivity index (χ1v) is 8.29. The molecule has 0 spiro atoms. The molecule has 0 aliphatic rings. The fourth-order valence-corrected chi connectivity index (χ4v) is 2.18. The maximum atomic E-state index is 11.3. The van der Waals surface area contributed by atoms with E-state index < -0.39 is 4.92 Å². The molecule has 1 heterocycles. The summed E-state index contributed by atoms with van der Waals surface area (Å²) in [6.07, 6.45) is 10.6. The summed E-state index contributed by atoms with van der Waals surface area (Å²) in [4.78, 5) is 19.3. The molecular formula is C17H23ClN4O2. The van der Waals surface area contributed by atoms with Crippen molar-refractivity contribution in [2.75, 3.05) is 0 Å². The number of nitro groups is 1. The third-order valence-corrected chi connectivity index (χ3v) is 3.59. The van der Waals surface area contributed by atoms with E-state index in [0.29, 0.717) is 23.0 Å². The lowest BCUT2D eigenvalue weighted by atomic mass is 10.2. The molecule has 0 saturated carbocycles. The van der Waals surface area contributed by atoms with E-state index >= 15 is 0 Å². The third-order valence-electron chi connectivity index (χ3n) is 3.31. The predicted octanol–water partition coefficient (Wildman–Crippen LogP) is 4.50. The van der Waals surface area contributed by atoms with Crippen LogP contribution < -0.4 is 5.32 Å². The van der Waals surface area contributed by atoms with Gasteiger partial charge in [0.15, 0.2) is 0 Å². The van der Waals surface area contributed by atoms with Gasteiger partial charge in [0.2, 0.25) is 0 Å². The fourth-order valence-electron chi connectivity index (χ4n) is 2.01. The first kappa shape index (κ1) is 19.8. The molecule has 1 aromatic heterocycles. The molecule has 0 saturated heterocycles. The van der Waals surface area contributed by atoms with Crippen LogP contribution in [-0.2, 0) is 0 Å². The molecule has 0 radical (unpaired) electrons. The second kappa shape index (κ2) is 10.5. The average Bonchev–Trinajstić information content (AvgIpc) is 2.58. The van der Waals surface area contributed by atoms with E-state index in [2.05, 4.69) is 15.3 Å². The number of hydrogen-bond donors (Lipinski definition) is 1. The van der Waals surface area contributed by atoms with Gasteiger partial charge in [-0.3, -0.25) is 10.1 Å². The average molecular weight is 351 g/mol. The molecule has 0 aliphatic heterocycles. The first-order chi connectivity index (χ1) is 11.5. The lowest BCUT2D eigenvalue weighted by Crippen LogP contribution is -2.23. The molecule has 0 aromatic carbocycles. The maximum Gasteiger partial charge on any atom is 0.287 e. The highest BCUT2D eigenvalue weighted by atomic mass is 35.5. The Morgan fingerprint density at radius 2 is 2.04 bits per heavy atom. The van der Waals surface area contributed by atoms with Crippen LogP contribution in [0.3, 0.4) is 0 Å². The number of rotatable bonds is 9. The molecule has 1 atom stereocenters. The number of unbranched alkanes of at least 4 members (excludes halogenated alkanes) is 1. The van der Waals surface area contributed by atoms with Crippen molar-refractivity contribution >= 4 is 11.6 Å². The van der Waals surface area contributed by atoms with Crippen LogP contribution in [0.1, 0.15) is 51.9 Å². The van der Waals surface area contributed by atoms with Gasteiger partial charge < -0.3 is 5.32 Å². The summed E-state index contributed by atoms with van der Waals surface area (Å²) in [6, 6.07) is 1.54. The topological polar surface area (TPSA) is 81.0 Å². The van der Waals surface area contributed by atoms with Gasteiger partial charge in [-0.1, -0.05) is 37.9 Å². The van der Waals surface area contributed by atoms with Crippen LogP contribution >= 0.6 is 11.6 Å². The quantitative estimate of drug-likeness (QED) is 0.402. The van der Waals surface area contributed by atoms with Crippen molar-refractivity contribution in [1.29, 1.82) is 0 Å². The Kier molecular flexibility index (Phi) is 8.71. The van der Waals surface area contributed by atoms with Gasteiger partial charge in [0.05, 0.1) is 16.7 Å². The number of aromatic nitrogens is 2. The molecule has 1 N–H and O–H groups in total. The minimum absolute atomic E-state index is 0.0348. The lowest BCUT2D eigenvalue weighted by Gasteiger charge is -2.16. The van der Waals surface area contributed by atoms with Crippen LogP contribution in [0.15, 0.2) is 53.1 Å². The van der Waals surface area contributed by atoms with Crippen molar-refractivity contribution in [3.63, 3.8) is 0 Å². The normalized spacial score (nSPS) is 14.4. The highest BCUT2D eigenvalue weighted by Crippen LogP contribution is 2.16. The predicted molar refractivity (Wildman–Crippen MR) is 95.9 cm³/mol. The minimum atomic E-state index is -0.429. The summed E-state index contributed by atoms with van der Waals surface area (Å²) in [7, 11) is 0. The highest BCUT2D eigenvalue weighted by Gasteiger charge is 2.17. The summed E-state index contributed by atoms with van der Waals surface area (Å²) in [5, 5.41) is 15.0. The molecule has 7 heteroatoms. The second-order valence-electron chi connectivity index (χ2n) is 5.19. The van der Waals surface area contributed by atoms with Crippen LogP contribution in [-0.4, -0.2) is 14.9 Å². The zero-order valence-corrected chi connectivity index (χ0v) is 15.0. The van der Waals surface area contributed by atoms with Crippen LogP contribution in [0.25, 0.3) is 0 Å². The smallest absolute Gasteiger partial charge is 0.287 e. The largest absolute Gasteiger partial charge is 0.373 e. The van der Waals surface area contributed by atoms with E-state index in [1.807, 2.05) is 19.9 Å². The monoisotopic (exact) mass is 350 g/mol. The minimum Gasteiger partial charge on any atom is -0.373 e. The van der Waals surface area contributed by atoms with Crippen molar-refractivity contribution in [1.82, 2.24) is 15.3 Å². The van der Waals surface area contributed by atoms with Gasteiger partial charge >= 0.3 is 0 Å². The summed E-state index contributed by atoms with van der Waals surface area (Å²) < 4.78 is 0. The standard InChI is InChI=1S/C17H23ClN4O2/c1-4-6-8-14(18)9-10-16(22(23)24)13(3)21-15(5-2)17-19-11-7-12-20-17/h7-12,15,21H,4-6H2,1-3H3/b10-9-,14-8-,16-13-. The molecule has 24 heavy (non-hydrogen) atoms. The van der Waals surface area contributed by atoms with E-state index in [1.165, 1.54) is 6.08 Å². The molecule has 1 aromatic rings. The van der Waals surface area contributed by atoms with Crippen molar-refractivity contribution in [2.45, 2.75) is 46.1 Å². The molecule has 1 unspecified atom stereocenters. The third kappa shape index (κ3) is 6.50. The van der Waals surface area contributed by atoms with Gasteiger partial charge in [0, 0.05) is 23.5 Å². The van der Waals surface area contributed by atoms with Gasteiger partial charge in [0.1, 0.15) is 5.82 Å². The molecule has 0 fully saturated rings. The van der Waals surface area contributed by atoms with Crippen LogP contribution in [0.4, 0.5) is 0 Å². The van der Waals surface area contributed by atoms with Crippen LogP contribution in [0.2, 0.25) is 0 Å². The molecule has 0 amide bonds. The van der Waals surface area contributed by atoms with E-state index in [4.69, 9.17) is 11.6 Å². The number of hydrogen-bond acceptors (Lipinski definition) is 5. The highest BCUT2D eigenvalue weighted by molar-refractivity contribution is 6.31. The number of nitrogens with one attached hydrogen (secondary N) is 1. The van der Waals surface area contributed by atoms with Gasteiger partial charge in [0.25, 0.3) is 5.70 Å². The Labute approximate surface area is 147 Å². The first-order valence-electron chi connectivity index (χ1n) is 7.92. The van der Waals surface area contributed by atoms with E-state index in [1.54, 1.807) is 31.5 Å². The number of allylic oxidation sites excluding steroid dienone is 5. The summed E-state index contributed by atoms with van der Waals surface area (Å²) in [6.45, 7) is 5.67. The molecule has 6 nitrogen and oxygen atoms in total. The van der Waals surface area contributed by atoms with Crippen molar-refractivity contribution in [3.8, 4) is 0 Å². The van der Waals surface area contributed by atoms with Gasteiger partial charge in [-0.15, -0.1) is 0 Å². The summed E-state index contributed by atoms with van der Waals surface area (Å²) in [5.74, 6) is 0.604. The van der Waals surface area contributed by atoms with Gasteiger partial charge in [-0.05, 0) is 31.9 Å². The Bertz CT molecular complexity index is 627. The van der Waals surface area contributed by atoms with Gasteiger partial charge in [-0.2, -0.15) is 0 Å². The molecular weight excluding hydrogens is 328 g/mol. The SMILES string of the molecule is CCC/C=C(Cl)/C=C\C(=C(/C)NC(CC)c1ncccn1)[N+](=O)[O-]. The van der Waals surface area contributed by atoms with Gasteiger partial charge in [-0.25, -0.2) is 9.97 Å². The van der Waals surface area contributed by atoms with Crippen LogP contribution in [0, 0.1) is 10.1 Å². The Hall–Kier alpha value is -2.21. The van der Waals surface area contributed by atoms with E-state index in [-0.39, 0.29) is 11.7 Å².